The first-order chi connectivity index (χ1) is 11.3. The molecule has 0 bridgehead atoms. The maximum absolute atomic E-state index is 13.4. The molecular formula is C16H15ClFNO4S. The highest BCUT2D eigenvalue weighted by atomic mass is 35.5. The molecule has 0 heterocycles. The molecule has 0 fully saturated rings. The lowest BCUT2D eigenvalue weighted by Gasteiger charge is -2.24. The summed E-state index contributed by atoms with van der Waals surface area (Å²) in [6, 6.07) is 11.3. The van der Waals surface area contributed by atoms with Gasteiger partial charge in [-0.3, -0.25) is 9.10 Å². The molecule has 0 spiro atoms. The summed E-state index contributed by atoms with van der Waals surface area (Å²) in [7, 11) is -3.92. The Labute approximate surface area is 144 Å². The van der Waals surface area contributed by atoms with Crippen LogP contribution in [0.25, 0.3) is 0 Å². The van der Waals surface area contributed by atoms with E-state index in [9.17, 15) is 17.6 Å². The van der Waals surface area contributed by atoms with Crippen LogP contribution in [0.2, 0.25) is 5.02 Å². The number of aliphatic carboxylic acids is 1. The van der Waals surface area contributed by atoms with E-state index in [2.05, 4.69) is 0 Å². The van der Waals surface area contributed by atoms with Crippen LogP contribution in [0.3, 0.4) is 0 Å². The second-order valence-corrected chi connectivity index (χ2v) is 7.26. The Morgan fingerprint density at radius 1 is 1.17 bits per heavy atom. The van der Waals surface area contributed by atoms with E-state index in [1.165, 1.54) is 24.3 Å². The maximum atomic E-state index is 13.4. The van der Waals surface area contributed by atoms with Gasteiger partial charge in [0.15, 0.2) is 0 Å². The van der Waals surface area contributed by atoms with Gasteiger partial charge in [0.1, 0.15) is 5.82 Å². The molecule has 0 aliphatic rings. The minimum absolute atomic E-state index is 0.0563. The number of carboxylic acids is 1. The summed E-state index contributed by atoms with van der Waals surface area (Å²) in [6.45, 7) is -0.0640. The Morgan fingerprint density at radius 3 is 2.42 bits per heavy atom. The molecule has 128 valence electrons. The number of hydrogen-bond donors (Lipinski definition) is 1. The van der Waals surface area contributed by atoms with E-state index < -0.39 is 21.8 Å². The average molecular weight is 372 g/mol. The molecule has 0 saturated carbocycles. The summed E-state index contributed by atoms with van der Waals surface area (Å²) in [5, 5.41) is 8.55. The van der Waals surface area contributed by atoms with Gasteiger partial charge in [-0.05, 0) is 36.8 Å². The zero-order valence-electron chi connectivity index (χ0n) is 12.5. The van der Waals surface area contributed by atoms with Gasteiger partial charge in [-0.1, -0.05) is 29.8 Å². The lowest BCUT2D eigenvalue weighted by atomic mass is 10.2. The summed E-state index contributed by atoms with van der Waals surface area (Å²) < 4.78 is 40.1. The number of rotatable bonds is 7. The number of hydrogen-bond acceptors (Lipinski definition) is 3. The zero-order chi connectivity index (χ0) is 17.7. The van der Waals surface area contributed by atoms with Crippen molar-refractivity contribution < 1.29 is 22.7 Å². The van der Waals surface area contributed by atoms with E-state index in [4.69, 9.17) is 16.7 Å². The van der Waals surface area contributed by atoms with E-state index in [0.29, 0.717) is 0 Å². The van der Waals surface area contributed by atoms with Crippen molar-refractivity contribution >= 4 is 33.3 Å². The highest BCUT2D eigenvalue weighted by molar-refractivity contribution is 7.92. The third-order valence-electron chi connectivity index (χ3n) is 3.27. The van der Waals surface area contributed by atoms with E-state index >= 15 is 0 Å². The predicted octanol–water partition coefficient (Wildman–Crippen LogP) is 3.54. The molecule has 0 atom stereocenters. The molecule has 0 aliphatic heterocycles. The first-order valence-corrected chi connectivity index (χ1v) is 8.89. The second kappa shape index (κ2) is 7.63. The van der Waals surface area contributed by atoms with Gasteiger partial charge in [0, 0.05) is 13.0 Å². The quantitative estimate of drug-likeness (QED) is 0.807. The second-order valence-electron chi connectivity index (χ2n) is 4.99. The van der Waals surface area contributed by atoms with Crippen LogP contribution >= 0.6 is 11.6 Å². The van der Waals surface area contributed by atoms with Gasteiger partial charge in [0.25, 0.3) is 10.0 Å². The van der Waals surface area contributed by atoms with Crippen molar-refractivity contribution in [2.24, 2.45) is 0 Å². The highest BCUT2D eigenvalue weighted by Gasteiger charge is 2.25. The molecular weight excluding hydrogens is 357 g/mol. The van der Waals surface area contributed by atoms with Gasteiger partial charge < -0.3 is 5.11 Å². The fourth-order valence-corrected chi connectivity index (χ4v) is 3.81. The summed E-state index contributed by atoms with van der Waals surface area (Å²) >= 11 is 5.75. The molecule has 24 heavy (non-hydrogen) atoms. The molecule has 5 nitrogen and oxygen atoms in total. The molecule has 0 radical (unpaired) electrons. The van der Waals surface area contributed by atoms with Crippen molar-refractivity contribution in [1.29, 1.82) is 0 Å². The van der Waals surface area contributed by atoms with Gasteiger partial charge in [-0.2, -0.15) is 0 Å². The minimum Gasteiger partial charge on any atom is -0.481 e. The molecule has 0 unspecified atom stereocenters. The monoisotopic (exact) mass is 371 g/mol. The van der Waals surface area contributed by atoms with Crippen molar-refractivity contribution in [3.05, 3.63) is 59.4 Å². The lowest BCUT2D eigenvalue weighted by molar-refractivity contribution is -0.137. The standard InChI is InChI=1S/C16H15ClFNO4S/c17-14-11-12(8-9-15(14)18)19(10-4-7-16(20)21)24(22,23)13-5-2-1-3-6-13/h1-3,5-6,8-9,11H,4,7,10H2,(H,20,21). The summed E-state index contributed by atoms with van der Waals surface area (Å²) in [4.78, 5) is 10.8. The van der Waals surface area contributed by atoms with Crippen LogP contribution in [-0.4, -0.2) is 26.0 Å². The number of carboxylic acid groups (broad SMARTS) is 1. The first kappa shape index (κ1) is 18.2. The van der Waals surface area contributed by atoms with E-state index in [1.54, 1.807) is 18.2 Å². The Morgan fingerprint density at radius 2 is 1.83 bits per heavy atom. The van der Waals surface area contributed by atoms with Crippen molar-refractivity contribution in [3.63, 3.8) is 0 Å². The largest absolute Gasteiger partial charge is 0.481 e. The molecule has 2 aromatic carbocycles. The fraction of sp³-hybridized carbons (Fsp3) is 0.188. The molecule has 1 N–H and O–H groups in total. The molecule has 0 aliphatic carbocycles. The minimum atomic E-state index is -3.92. The zero-order valence-corrected chi connectivity index (χ0v) is 14.1. The van der Waals surface area contributed by atoms with Crippen LogP contribution in [0, 0.1) is 5.82 Å². The highest BCUT2D eigenvalue weighted by Crippen LogP contribution is 2.28. The smallest absolute Gasteiger partial charge is 0.303 e. The van der Waals surface area contributed by atoms with Gasteiger partial charge in [0.05, 0.1) is 15.6 Å². The normalized spacial score (nSPS) is 11.2. The van der Waals surface area contributed by atoms with Crippen molar-refractivity contribution in [2.45, 2.75) is 17.7 Å². The number of benzene rings is 2. The van der Waals surface area contributed by atoms with Crippen molar-refractivity contribution in [1.82, 2.24) is 0 Å². The Hall–Kier alpha value is -2.12. The summed E-state index contributed by atoms with van der Waals surface area (Å²) in [5.74, 6) is -1.69. The topological polar surface area (TPSA) is 74.7 Å². The fourth-order valence-electron chi connectivity index (χ4n) is 2.12. The van der Waals surface area contributed by atoms with Crippen molar-refractivity contribution in [3.8, 4) is 0 Å². The molecule has 0 amide bonds. The van der Waals surface area contributed by atoms with Gasteiger partial charge >= 0.3 is 5.97 Å². The van der Waals surface area contributed by atoms with Crippen LogP contribution in [0.15, 0.2) is 53.4 Å². The number of nitrogens with zero attached hydrogens (tertiary/aromatic N) is 1. The predicted molar refractivity (Wildman–Crippen MR) is 89.3 cm³/mol. The molecule has 0 aromatic heterocycles. The van der Waals surface area contributed by atoms with Crippen LogP contribution < -0.4 is 4.31 Å². The third kappa shape index (κ3) is 4.24. The lowest BCUT2D eigenvalue weighted by Crippen LogP contribution is -2.32. The van der Waals surface area contributed by atoms with Gasteiger partial charge in [0.2, 0.25) is 0 Å². The number of halogens is 2. The van der Waals surface area contributed by atoms with Gasteiger partial charge in [-0.15, -0.1) is 0 Å². The van der Waals surface area contributed by atoms with Crippen LogP contribution in [0.4, 0.5) is 10.1 Å². The van der Waals surface area contributed by atoms with Crippen LogP contribution in [-0.2, 0) is 14.8 Å². The van der Waals surface area contributed by atoms with E-state index in [1.807, 2.05) is 0 Å². The number of sulfonamides is 1. The number of carbonyl (C=O) groups is 1. The van der Waals surface area contributed by atoms with E-state index in [-0.39, 0.29) is 35.0 Å². The summed E-state index contributed by atoms with van der Waals surface area (Å²) in [6.07, 6.45) is -0.0773. The average Bonchev–Trinajstić information content (AvgIpc) is 2.55. The Bertz CT molecular complexity index is 827. The van der Waals surface area contributed by atoms with Gasteiger partial charge in [-0.25, -0.2) is 12.8 Å². The Kier molecular flexibility index (Phi) is 5.80. The molecule has 2 aromatic rings. The number of anilines is 1. The SMILES string of the molecule is O=C(O)CCCN(c1ccc(F)c(Cl)c1)S(=O)(=O)c1ccccc1. The first-order valence-electron chi connectivity index (χ1n) is 7.07. The third-order valence-corrected chi connectivity index (χ3v) is 5.41. The van der Waals surface area contributed by atoms with Crippen LogP contribution in [0.1, 0.15) is 12.8 Å². The Balaban J connectivity index is 2.42. The van der Waals surface area contributed by atoms with E-state index in [0.717, 1.165) is 10.4 Å². The molecule has 0 saturated heterocycles. The van der Waals surface area contributed by atoms with Crippen molar-refractivity contribution in [2.75, 3.05) is 10.8 Å². The summed E-state index contributed by atoms with van der Waals surface area (Å²) in [5.41, 5.74) is 0.177. The maximum Gasteiger partial charge on any atom is 0.303 e. The molecule has 8 heteroatoms. The van der Waals surface area contributed by atoms with Crippen LogP contribution in [0.5, 0.6) is 0 Å². The molecule has 2 rings (SSSR count).